The zero-order valence-corrected chi connectivity index (χ0v) is 11.3. The van der Waals surface area contributed by atoms with E-state index in [1.54, 1.807) is 0 Å². The highest BCUT2D eigenvalue weighted by Gasteiger charge is 2.40. The van der Waals surface area contributed by atoms with Gasteiger partial charge in [0.2, 0.25) is 0 Å². The second-order valence-corrected chi connectivity index (χ2v) is 6.38. The monoisotopic (exact) mass is 208 g/mol. The second kappa shape index (κ2) is 4.72. The van der Waals surface area contributed by atoms with E-state index in [2.05, 4.69) is 41.2 Å². The first kappa shape index (κ1) is 12.8. The van der Waals surface area contributed by atoms with Crippen LogP contribution in [-0.4, -0.2) is 0 Å². The summed E-state index contributed by atoms with van der Waals surface area (Å²) in [4.78, 5) is 0. The topological polar surface area (TPSA) is 0 Å². The molecule has 1 rings (SSSR count). The van der Waals surface area contributed by atoms with E-state index in [0.29, 0.717) is 5.41 Å². The Kier molecular flexibility index (Phi) is 4.03. The molecule has 0 heteroatoms. The maximum absolute atomic E-state index is 4.03. The molecule has 3 atom stereocenters. The van der Waals surface area contributed by atoms with Gasteiger partial charge in [-0.2, -0.15) is 0 Å². The van der Waals surface area contributed by atoms with Crippen molar-refractivity contribution in [2.24, 2.45) is 23.2 Å². The van der Waals surface area contributed by atoms with Crippen LogP contribution >= 0.6 is 0 Å². The minimum Gasteiger partial charge on any atom is -0.100 e. The highest BCUT2D eigenvalue weighted by Crippen LogP contribution is 2.49. The van der Waals surface area contributed by atoms with Crippen molar-refractivity contribution in [3.8, 4) is 0 Å². The Morgan fingerprint density at radius 2 is 1.87 bits per heavy atom. The van der Waals surface area contributed by atoms with E-state index in [-0.39, 0.29) is 0 Å². The molecular weight excluding hydrogens is 180 g/mol. The number of rotatable bonds is 3. The minimum absolute atomic E-state index is 0.521. The molecule has 15 heavy (non-hydrogen) atoms. The Hall–Kier alpha value is -0.260. The Morgan fingerprint density at radius 3 is 2.40 bits per heavy atom. The molecule has 88 valence electrons. The summed E-state index contributed by atoms with van der Waals surface area (Å²) < 4.78 is 0. The third kappa shape index (κ3) is 2.86. The molecule has 0 nitrogen and oxygen atoms in total. The molecule has 0 aromatic rings. The van der Waals surface area contributed by atoms with Gasteiger partial charge in [-0.15, -0.1) is 6.58 Å². The lowest BCUT2D eigenvalue weighted by Gasteiger charge is -2.47. The van der Waals surface area contributed by atoms with Gasteiger partial charge in [0.15, 0.2) is 0 Å². The quantitative estimate of drug-likeness (QED) is 0.569. The van der Waals surface area contributed by atoms with Crippen LogP contribution in [0.2, 0.25) is 0 Å². The summed E-state index contributed by atoms with van der Waals surface area (Å²) in [5.41, 5.74) is 1.86. The van der Waals surface area contributed by atoms with Crippen molar-refractivity contribution in [3.05, 3.63) is 12.2 Å². The normalized spacial score (nSPS) is 35.1. The van der Waals surface area contributed by atoms with Gasteiger partial charge in [-0.05, 0) is 49.4 Å². The Labute approximate surface area is 96.2 Å². The Morgan fingerprint density at radius 1 is 1.27 bits per heavy atom. The van der Waals surface area contributed by atoms with Crippen molar-refractivity contribution in [1.29, 1.82) is 0 Å². The van der Waals surface area contributed by atoms with E-state index < -0.39 is 0 Å². The first-order valence-electron chi connectivity index (χ1n) is 6.50. The fourth-order valence-corrected chi connectivity index (χ4v) is 3.24. The molecule has 1 aliphatic carbocycles. The van der Waals surface area contributed by atoms with Crippen molar-refractivity contribution >= 4 is 0 Å². The summed E-state index contributed by atoms with van der Waals surface area (Å²) in [6.45, 7) is 16.0. The maximum Gasteiger partial charge on any atom is -0.0298 e. The summed E-state index contributed by atoms with van der Waals surface area (Å²) >= 11 is 0. The predicted octanol–water partition coefficient (Wildman–Crippen LogP) is 5.05. The van der Waals surface area contributed by atoms with Crippen LogP contribution in [-0.2, 0) is 0 Å². The highest BCUT2D eigenvalue weighted by atomic mass is 14.5. The first-order valence-corrected chi connectivity index (χ1v) is 6.50. The molecule has 0 heterocycles. The van der Waals surface area contributed by atoms with Crippen LogP contribution in [0.15, 0.2) is 12.2 Å². The van der Waals surface area contributed by atoms with Crippen molar-refractivity contribution in [2.75, 3.05) is 0 Å². The van der Waals surface area contributed by atoms with Crippen molar-refractivity contribution in [1.82, 2.24) is 0 Å². The molecule has 0 N–H and O–H groups in total. The molecule has 0 radical (unpaired) electrons. The maximum atomic E-state index is 4.03. The summed E-state index contributed by atoms with van der Waals surface area (Å²) in [5.74, 6) is 2.66. The smallest absolute Gasteiger partial charge is 0.0298 e. The lowest BCUT2D eigenvalue weighted by atomic mass is 9.58. The summed E-state index contributed by atoms with van der Waals surface area (Å²) in [5, 5.41) is 0. The van der Waals surface area contributed by atoms with Crippen LogP contribution < -0.4 is 0 Å². The minimum atomic E-state index is 0.521. The van der Waals surface area contributed by atoms with E-state index in [0.717, 1.165) is 17.8 Å². The molecular formula is C15H28. The number of allylic oxidation sites excluding steroid dienone is 1. The summed E-state index contributed by atoms with van der Waals surface area (Å²) in [6, 6.07) is 0. The van der Waals surface area contributed by atoms with Gasteiger partial charge in [0.1, 0.15) is 0 Å². The van der Waals surface area contributed by atoms with Crippen molar-refractivity contribution in [3.63, 3.8) is 0 Å². The predicted molar refractivity (Wildman–Crippen MR) is 68.9 cm³/mol. The molecule has 0 aromatic carbocycles. The largest absolute Gasteiger partial charge is 0.100 e. The van der Waals surface area contributed by atoms with Crippen LogP contribution in [0.1, 0.15) is 60.3 Å². The molecule has 0 aromatic heterocycles. The zero-order valence-electron chi connectivity index (χ0n) is 11.3. The standard InChI is InChI=1S/C15H28/c1-11(2)7-10-14-12(3)8-9-13(4)15(14,5)6/h12-14H,1,7-10H2,2-6H3/t12?,13-,14+/m1/s1. The van der Waals surface area contributed by atoms with Crippen LogP contribution in [0, 0.1) is 23.2 Å². The van der Waals surface area contributed by atoms with Crippen LogP contribution in [0.3, 0.4) is 0 Å². The van der Waals surface area contributed by atoms with Gasteiger partial charge >= 0.3 is 0 Å². The lowest BCUT2D eigenvalue weighted by Crippen LogP contribution is -2.39. The SMILES string of the molecule is C=C(C)CC[C@H]1C(C)CC[C@@H](C)C1(C)C. The second-order valence-electron chi connectivity index (χ2n) is 6.38. The molecule has 0 amide bonds. The van der Waals surface area contributed by atoms with Crippen LogP contribution in [0.5, 0.6) is 0 Å². The fourth-order valence-electron chi connectivity index (χ4n) is 3.24. The van der Waals surface area contributed by atoms with E-state index in [4.69, 9.17) is 0 Å². The van der Waals surface area contributed by atoms with Gasteiger partial charge in [-0.1, -0.05) is 39.7 Å². The molecule has 0 saturated heterocycles. The van der Waals surface area contributed by atoms with Gasteiger partial charge in [0.25, 0.3) is 0 Å². The van der Waals surface area contributed by atoms with E-state index in [1.807, 2.05) is 0 Å². The summed E-state index contributed by atoms with van der Waals surface area (Å²) in [7, 11) is 0. The fraction of sp³-hybridized carbons (Fsp3) is 0.867. The molecule has 0 bridgehead atoms. The molecule has 1 aliphatic rings. The molecule has 1 saturated carbocycles. The van der Waals surface area contributed by atoms with Gasteiger partial charge in [-0.25, -0.2) is 0 Å². The van der Waals surface area contributed by atoms with Crippen molar-refractivity contribution in [2.45, 2.75) is 60.3 Å². The molecule has 0 spiro atoms. The Balaban J connectivity index is 2.67. The van der Waals surface area contributed by atoms with E-state index in [1.165, 1.54) is 31.3 Å². The number of hydrogen-bond acceptors (Lipinski definition) is 0. The van der Waals surface area contributed by atoms with Gasteiger partial charge in [0, 0.05) is 0 Å². The molecule has 1 unspecified atom stereocenters. The molecule has 0 aliphatic heterocycles. The zero-order chi connectivity index (χ0) is 11.6. The first-order chi connectivity index (χ1) is 6.85. The van der Waals surface area contributed by atoms with E-state index in [9.17, 15) is 0 Å². The average Bonchev–Trinajstić information content (AvgIpc) is 2.11. The number of hydrogen-bond donors (Lipinski definition) is 0. The third-order valence-electron chi connectivity index (χ3n) is 4.85. The van der Waals surface area contributed by atoms with Gasteiger partial charge in [0.05, 0.1) is 0 Å². The average molecular weight is 208 g/mol. The van der Waals surface area contributed by atoms with Gasteiger partial charge < -0.3 is 0 Å². The van der Waals surface area contributed by atoms with Gasteiger partial charge in [-0.3, -0.25) is 0 Å². The lowest BCUT2D eigenvalue weighted by molar-refractivity contribution is 0.0227. The third-order valence-corrected chi connectivity index (χ3v) is 4.85. The van der Waals surface area contributed by atoms with Crippen LogP contribution in [0.25, 0.3) is 0 Å². The van der Waals surface area contributed by atoms with Crippen LogP contribution in [0.4, 0.5) is 0 Å². The summed E-state index contributed by atoms with van der Waals surface area (Å²) in [6.07, 6.45) is 5.39. The van der Waals surface area contributed by atoms with Crippen molar-refractivity contribution < 1.29 is 0 Å². The van der Waals surface area contributed by atoms with E-state index >= 15 is 0 Å². The molecule has 1 fully saturated rings. The Bertz CT molecular complexity index is 224. The highest BCUT2D eigenvalue weighted by molar-refractivity contribution is 4.95.